The van der Waals surface area contributed by atoms with E-state index in [0.29, 0.717) is 35.1 Å². The van der Waals surface area contributed by atoms with Gasteiger partial charge in [-0.25, -0.2) is 9.37 Å². The first-order valence-electron chi connectivity index (χ1n) is 9.58. The molecule has 1 N–H and O–H groups in total. The van der Waals surface area contributed by atoms with Gasteiger partial charge in [-0.3, -0.25) is 9.36 Å². The highest BCUT2D eigenvalue weighted by Crippen LogP contribution is 2.43. The van der Waals surface area contributed by atoms with Crippen LogP contribution in [0.5, 0.6) is 0 Å². The van der Waals surface area contributed by atoms with Gasteiger partial charge in [0.15, 0.2) is 0 Å². The molecule has 4 aromatic rings. The van der Waals surface area contributed by atoms with Crippen LogP contribution in [0.2, 0.25) is 0 Å². The molecule has 7 nitrogen and oxygen atoms in total. The molecule has 0 aliphatic heterocycles. The molecule has 2 heterocycles. The van der Waals surface area contributed by atoms with Crippen molar-refractivity contribution >= 4 is 11.6 Å². The molecule has 2 aromatic carbocycles. The molecule has 150 valence electrons. The lowest BCUT2D eigenvalue weighted by Crippen LogP contribution is -2.16. The van der Waals surface area contributed by atoms with Crippen molar-refractivity contribution in [3.8, 4) is 17.1 Å². The van der Waals surface area contributed by atoms with E-state index in [0.717, 1.165) is 11.3 Å². The predicted octanol–water partition coefficient (Wildman–Crippen LogP) is 4.31. The Morgan fingerprint density at radius 2 is 2.03 bits per heavy atom. The first-order chi connectivity index (χ1) is 14.6. The summed E-state index contributed by atoms with van der Waals surface area (Å²) in [6.45, 7) is 1.90. The van der Waals surface area contributed by atoms with Gasteiger partial charge in [-0.2, -0.15) is 4.98 Å². The number of nitrogens with one attached hydrogen (secondary N) is 1. The molecule has 1 amide bonds. The Morgan fingerprint density at radius 3 is 2.80 bits per heavy atom. The zero-order valence-electron chi connectivity index (χ0n) is 16.1. The number of rotatable bonds is 5. The minimum atomic E-state index is -0.902. The molecule has 5 rings (SSSR count). The van der Waals surface area contributed by atoms with Gasteiger partial charge in [-0.05, 0) is 37.1 Å². The number of para-hydroxylation sites is 1. The smallest absolute Gasteiger partial charge is 0.274 e. The normalized spacial score (nSPS) is 17.7. The molecule has 0 bridgehead atoms. The summed E-state index contributed by atoms with van der Waals surface area (Å²) in [5, 5.41) is 6.89. The lowest BCUT2D eigenvalue weighted by atomic mass is 10.1. The number of halogens is 1. The number of imidazole rings is 1. The molecule has 2 aromatic heterocycles. The number of alkyl halides is 1. The van der Waals surface area contributed by atoms with E-state index in [-0.39, 0.29) is 11.8 Å². The molecule has 1 aliphatic carbocycles. The van der Waals surface area contributed by atoms with Crippen LogP contribution in [0, 0.1) is 6.92 Å². The number of hydrogen-bond donors (Lipinski definition) is 1. The van der Waals surface area contributed by atoms with Gasteiger partial charge in [0.05, 0.1) is 18.4 Å². The average molecular weight is 403 g/mol. The number of hydrogen-bond acceptors (Lipinski definition) is 5. The molecule has 0 spiro atoms. The Labute approximate surface area is 171 Å². The fourth-order valence-electron chi connectivity index (χ4n) is 3.26. The van der Waals surface area contributed by atoms with Crippen molar-refractivity contribution in [2.24, 2.45) is 0 Å². The quantitative estimate of drug-likeness (QED) is 0.537. The second kappa shape index (κ2) is 7.22. The van der Waals surface area contributed by atoms with Crippen LogP contribution in [0.15, 0.2) is 65.6 Å². The Bertz CT molecular complexity index is 1220. The zero-order valence-corrected chi connectivity index (χ0v) is 16.1. The Kier molecular flexibility index (Phi) is 4.39. The van der Waals surface area contributed by atoms with Gasteiger partial charge in [-0.15, -0.1) is 0 Å². The third-order valence-electron chi connectivity index (χ3n) is 5.12. The maximum absolute atomic E-state index is 13.2. The van der Waals surface area contributed by atoms with Gasteiger partial charge in [0, 0.05) is 16.9 Å². The van der Waals surface area contributed by atoms with E-state index in [1.54, 1.807) is 17.0 Å². The minimum Gasteiger partial charge on any atom is -0.339 e. The minimum absolute atomic E-state index is 0.288. The molecule has 1 fully saturated rings. The number of benzene rings is 2. The number of aryl methyl sites for hydroxylation is 1. The summed E-state index contributed by atoms with van der Waals surface area (Å²) in [4.78, 5) is 21.4. The maximum atomic E-state index is 13.2. The van der Waals surface area contributed by atoms with Crippen LogP contribution in [-0.2, 0) is 0 Å². The Morgan fingerprint density at radius 1 is 1.23 bits per heavy atom. The number of amides is 1. The first-order valence-corrected chi connectivity index (χ1v) is 9.58. The van der Waals surface area contributed by atoms with Crippen molar-refractivity contribution in [1.29, 1.82) is 0 Å². The lowest BCUT2D eigenvalue weighted by molar-refractivity contribution is 0.102. The monoisotopic (exact) mass is 403 g/mol. The Balaban J connectivity index is 1.40. The predicted molar refractivity (Wildman–Crippen MR) is 108 cm³/mol. The number of anilines is 1. The van der Waals surface area contributed by atoms with E-state index in [9.17, 15) is 9.18 Å². The van der Waals surface area contributed by atoms with Crippen LogP contribution in [-0.4, -0.2) is 31.8 Å². The number of aromatic nitrogens is 4. The standard InChI is InChI=1S/C22H18FN5O2/c1-13-7-8-14(20-26-22(30-27-20)16-10-17(16)23)9-18(13)25-21(29)19-11-24-12-28(19)15-5-3-2-4-6-15/h2-9,11-12,16-17H,10H2,1H3,(H,25,29)/t16-,17-/m0/s1. The molecule has 0 saturated heterocycles. The van der Waals surface area contributed by atoms with Gasteiger partial charge >= 0.3 is 0 Å². The van der Waals surface area contributed by atoms with Gasteiger partial charge in [0.25, 0.3) is 5.91 Å². The second-order valence-electron chi connectivity index (χ2n) is 7.28. The van der Waals surface area contributed by atoms with E-state index in [1.807, 2.05) is 49.4 Å². The molecule has 30 heavy (non-hydrogen) atoms. The van der Waals surface area contributed by atoms with Gasteiger partial charge in [-0.1, -0.05) is 35.5 Å². The lowest BCUT2D eigenvalue weighted by Gasteiger charge is -2.11. The second-order valence-corrected chi connectivity index (χ2v) is 7.28. The molecule has 1 saturated carbocycles. The molecular weight excluding hydrogens is 385 g/mol. The summed E-state index contributed by atoms with van der Waals surface area (Å²) < 4.78 is 20.2. The van der Waals surface area contributed by atoms with Crippen molar-refractivity contribution in [3.05, 3.63) is 78.2 Å². The van der Waals surface area contributed by atoms with Crippen molar-refractivity contribution in [2.75, 3.05) is 5.32 Å². The van der Waals surface area contributed by atoms with Gasteiger partial charge in [0.2, 0.25) is 11.7 Å². The number of carbonyl (C=O) groups excluding carboxylic acids is 1. The summed E-state index contributed by atoms with van der Waals surface area (Å²) >= 11 is 0. The van der Waals surface area contributed by atoms with Crippen LogP contribution in [0.1, 0.15) is 34.3 Å². The van der Waals surface area contributed by atoms with Crippen LogP contribution in [0.25, 0.3) is 17.1 Å². The molecule has 8 heteroatoms. The third kappa shape index (κ3) is 3.36. The number of nitrogens with zero attached hydrogens (tertiary/aromatic N) is 4. The van der Waals surface area contributed by atoms with E-state index >= 15 is 0 Å². The van der Waals surface area contributed by atoms with E-state index < -0.39 is 6.17 Å². The van der Waals surface area contributed by atoms with Crippen LogP contribution >= 0.6 is 0 Å². The Hall–Kier alpha value is -3.81. The highest BCUT2D eigenvalue weighted by molar-refractivity contribution is 6.04. The van der Waals surface area contributed by atoms with E-state index in [2.05, 4.69) is 20.4 Å². The highest BCUT2D eigenvalue weighted by atomic mass is 19.1. The summed E-state index contributed by atoms with van der Waals surface area (Å²) in [6.07, 6.45) is 2.65. The summed E-state index contributed by atoms with van der Waals surface area (Å²) in [5.74, 6) is 0.0992. The van der Waals surface area contributed by atoms with Crippen molar-refractivity contribution in [2.45, 2.75) is 25.4 Å². The third-order valence-corrected chi connectivity index (χ3v) is 5.12. The van der Waals surface area contributed by atoms with Crippen molar-refractivity contribution < 1.29 is 13.7 Å². The number of carbonyl (C=O) groups is 1. The van der Waals surface area contributed by atoms with Gasteiger partial charge < -0.3 is 9.84 Å². The molecule has 1 aliphatic rings. The largest absolute Gasteiger partial charge is 0.339 e. The first kappa shape index (κ1) is 18.2. The topological polar surface area (TPSA) is 85.8 Å². The summed E-state index contributed by atoms with van der Waals surface area (Å²) in [7, 11) is 0. The summed E-state index contributed by atoms with van der Waals surface area (Å²) in [5.41, 5.74) is 3.44. The van der Waals surface area contributed by atoms with E-state index in [4.69, 9.17) is 4.52 Å². The fraction of sp³-hybridized carbons (Fsp3) is 0.182. The molecule has 0 unspecified atom stereocenters. The van der Waals surface area contributed by atoms with Crippen LogP contribution < -0.4 is 5.32 Å². The SMILES string of the molecule is Cc1ccc(-c2noc([C@H]3C[C@@H]3F)n2)cc1NC(=O)c1cncn1-c1ccccc1. The average Bonchev–Trinajstić information content (AvgIpc) is 3.17. The van der Waals surface area contributed by atoms with Gasteiger partial charge in [0.1, 0.15) is 11.9 Å². The highest BCUT2D eigenvalue weighted by Gasteiger charge is 2.43. The summed E-state index contributed by atoms with van der Waals surface area (Å²) in [6, 6.07) is 15.0. The molecule has 0 radical (unpaired) electrons. The molecule has 2 atom stereocenters. The van der Waals surface area contributed by atoms with Crippen LogP contribution in [0.3, 0.4) is 0 Å². The fourth-order valence-corrected chi connectivity index (χ4v) is 3.26. The molecular formula is C22H18FN5O2. The van der Waals surface area contributed by atoms with Crippen molar-refractivity contribution in [1.82, 2.24) is 19.7 Å². The van der Waals surface area contributed by atoms with E-state index in [1.165, 1.54) is 6.20 Å². The zero-order chi connectivity index (χ0) is 20.7. The van der Waals surface area contributed by atoms with Crippen molar-refractivity contribution in [3.63, 3.8) is 0 Å². The maximum Gasteiger partial charge on any atom is 0.274 e. The van der Waals surface area contributed by atoms with Crippen LogP contribution in [0.4, 0.5) is 10.1 Å².